The zero-order valence-corrected chi connectivity index (χ0v) is 22.6. The Morgan fingerprint density at radius 3 is 2.83 bits per heavy atom. The van der Waals surface area contributed by atoms with Gasteiger partial charge in [-0.1, -0.05) is 23.7 Å². The van der Waals surface area contributed by atoms with E-state index < -0.39 is 11.7 Å². The zero-order valence-electron chi connectivity index (χ0n) is 21.1. The molecule has 8 nitrogen and oxygen atoms in total. The van der Waals surface area contributed by atoms with Crippen LogP contribution in [0.5, 0.6) is 0 Å². The summed E-state index contributed by atoms with van der Waals surface area (Å²) in [5, 5.41) is 4.62. The Balaban J connectivity index is 1.17. The third-order valence-corrected chi connectivity index (χ3v) is 8.38. The number of amides is 2. The predicted molar refractivity (Wildman–Crippen MR) is 144 cm³/mol. The lowest BCUT2D eigenvalue weighted by Crippen LogP contribution is -2.57. The molecule has 0 saturated carbocycles. The van der Waals surface area contributed by atoms with E-state index in [9.17, 15) is 22.8 Å². The first-order valence-electron chi connectivity index (χ1n) is 12.7. The van der Waals surface area contributed by atoms with Crippen molar-refractivity contribution in [3.63, 3.8) is 0 Å². The highest BCUT2D eigenvalue weighted by Crippen LogP contribution is 2.35. The van der Waals surface area contributed by atoms with E-state index in [4.69, 9.17) is 21.1 Å². The summed E-state index contributed by atoms with van der Waals surface area (Å²) < 4.78 is 53.5. The predicted octanol–water partition coefficient (Wildman–Crippen LogP) is 4.89. The summed E-state index contributed by atoms with van der Waals surface area (Å²) in [6, 6.07) is 9.14. The molecule has 13 heteroatoms. The second kappa shape index (κ2) is 10.8. The van der Waals surface area contributed by atoms with Crippen LogP contribution in [-0.2, 0) is 27.0 Å². The van der Waals surface area contributed by atoms with E-state index in [1.807, 2.05) is 0 Å². The highest BCUT2D eigenvalue weighted by Gasteiger charge is 2.39. The molecule has 4 heterocycles. The van der Waals surface area contributed by atoms with Crippen LogP contribution in [0.3, 0.4) is 0 Å². The molecule has 3 fully saturated rings. The van der Waals surface area contributed by atoms with Crippen LogP contribution in [0.4, 0.5) is 18.0 Å². The Labute approximate surface area is 236 Å². The van der Waals surface area contributed by atoms with E-state index in [-0.39, 0.29) is 47.0 Å². The van der Waals surface area contributed by atoms with Crippen molar-refractivity contribution >= 4 is 51.5 Å². The van der Waals surface area contributed by atoms with Crippen molar-refractivity contribution in [1.82, 2.24) is 19.6 Å². The summed E-state index contributed by atoms with van der Waals surface area (Å²) in [4.78, 5) is 29.6. The summed E-state index contributed by atoms with van der Waals surface area (Å²) in [6.45, 7) is 3.30. The minimum absolute atomic E-state index is 0.00691. The monoisotopic (exact) mass is 592 g/mol. The minimum Gasteiger partial charge on any atom is -0.378 e. The lowest BCUT2D eigenvalue weighted by atomic mass is 10.1. The fourth-order valence-electron chi connectivity index (χ4n) is 5.20. The lowest BCUT2D eigenvalue weighted by Gasteiger charge is -2.42. The number of hydrogen-bond donors (Lipinski definition) is 0. The van der Waals surface area contributed by atoms with Crippen molar-refractivity contribution in [3.05, 3.63) is 69.2 Å². The normalized spacial score (nSPS) is 23.4. The third kappa shape index (κ3) is 5.51. The molecule has 3 aromatic rings. The van der Waals surface area contributed by atoms with Gasteiger partial charge in [0.05, 0.1) is 67.2 Å². The van der Waals surface area contributed by atoms with Crippen LogP contribution >= 0.6 is 23.4 Å². The summed E-state index contributed by atoms with van der Waals surface area (Å²) in [5.41, 5.74) is 0.541. The van der Waals surface area contributed by atoms with E-state index in [1.54, 1.807) is 30.5 Å². The zero-order chi connectivity index (χ0) is 28.0. The van der Waals surface area contributed by atoms with Crippen LogP contribution in [0.2, 0.25) is 5.02 Å². The number of halogens is 4. The summed E-state index contributed by atoms with van der Waals surface area (Å²) in [6.07, 6.45) is -1.61. The van der Waals surface area contributed by atoms with Crippen LogP contribution in [-0.4, -0.2) is 82.3 Å². The molecule has 0 N–H and O–H groups in total. The standard InChI is InChI=1S/C27H24ClF3N4O4S/c28-19-3-2-17(22(9-19)27(29,30)31)11-35-23-4-1-16(7-18(23)10-32-35)8-24-25(36)34(26(37)40-24)13-21-12-33-5-6-38-14-20(33)15-39-21/h1-4,7-10,20-21H,5-6,11-15H2/b24-8-/t20-,21+/m0/s1. The van der Waals surface area contributed by atoms with Gasteiger partial charge in [-0.3, -0.25) is 24.1 Å². The van der Waals surface area contributed by atoms with Crippen LogP contribution in [0, 0.1) is 0 Å². The third-order valence-electron chi connectivity index (χ3n) is 7.23. The summed E-state index contributed by atoms with van der Waals surface area (Å²) >= 11 is 6.68. The number of alkyl halides is 3. The fourth-order valence-corrected chi connectivity index (χ4v) is 6.22. The summed E-state index contributed by atoms with van der Waals surface area (Å²) in [5.74, 6) is -0.374. The number of nitrogens with zero attached hydrogens (tertiary/aromatic N) is 4. The first-order chi connectivity index (χ1) is 19.2. The van der Waals surface area contributed by atoms with Crippen molar-refractivity contribution in [2.45, 2.75) is 24.9 Å². The maximum atomic E-state index is 13.5. The number of morpholine rings is 2. The molecule has 210 valence electrons. The van der Waals surface area contributed by atoms with Gasteiger partial charge >= 0.3 is 6.18 Å². The highest BCUT2D eigenvalue weighted by molar-refractivity contribution is 8.18. The van der Waals surface area contributed by atoms with Gasteiger partial charge in [-0.15, -0.1) is 0 Å². The second-order valence-electron chi connectivity index (χ2n) is 9.89. The molecule has 2 aromatic carbocycles. The van der Waals surface area contributed by atoms with Gasteiger partial charge in [-0.25, -0.2) is 0 Å². The maximum Gasteiger partial charge on any atom is 0.416 e. The first-order valence-corrected chi connectivity index (χ1v) is 13.8. The fraction of sp³-hybridized carbons (Fsp3) is 0.370. The number of aromatic nitrogens is 2. The number of carbonyl (C=O) groups is 2. The van der Waals surface area contributed by atoms with Crippen molar-refractivity contribution in [2.24, 2.45) is 0 Å². The van der Waals surface area contributed by atoms with Crippen LogP contribution in [0.25, 0.3) is 17.0 Å². The van der Waals surface area contributed by atoms with E-state index in [1.165, 1.54) is 21.7 Å². The number of imide groups is 1. The van der Waals surface area contributed by atoms with Gasteiger partial charge in [0.2, 0.25) is 0 Å². The average molecular weight is 593 g/mol. The Morgan fingerprint density at radius 1 is 1.15 bits per heavy atom. The Bertz CT molecular complexity index is 1510. The molecule has 0 aliphatic carbocycles. The van der Waals surface area contributed by atoms with Gasteiger partial charge < -0.3 is 9.47 Å². The maximum absolute atomic E-state index is 13.5. The highest BCUT2D eigenvalue weighted by atomic mass is 35.5. The molecule has 0 unspecified atom stereocenters. The SMILES string of the molecule is O=C1S/C(=C\c2ccc3c(cnn3Cc3ccc(Cl)cc3C(F)(F)F)c2)C(=O)N1C[C@H]1CN2CCOC[C@H]2CO1. The van der Waals surface area contributed by atoms with E-state index in [2.05, 4.69) is 10.00 Å². The van der Waals surface area contributed by atoms with Crippen molar-refractivity contribution in [1.29, 1.82) is 0 Å². The lowest BCUT2D eigenvalue weighted by molar-refractivity contribution is -0.138. The Kier molecular flexibility index (Phi) is 7.38. The Hall–Kier alpha value is -2.90. The van der Waals surface area contributed by atoms with Crippen LogP contribution in [0.1, 0.15) is 16.7 Å². The molecular weight excluding hydrogens is 569 g/mol. The number of hydrogen-bond acceptors (Lipinski definition) is 7. The molecule has 1 aromatic heterocycles. The average Bonchev–Trinajstić information content (AvgIpc) is 3.44. The summed E-state index contributed by atoms with van der Waals surface area (Å²) in [7, 11) is 0. The van der Waals surface area contributed by atoms with Gasteiger partial charge in [-0.05, 0) is 53.2 Å². The van der Waals surface area contributed by atoms with Crippen molar-refractivity contribution in [2.75, 3.05) is 39.5 Å². The number of benzene rings is 2. The number of ether oxygens (including phenoxy) is 2. The molecule has 0 bridgehead atoms. The van der Waals surface area contributed by atoms with Crippen LogP contribution < -0.4 is 0 Å². The van der Waals surface area contributed by atoms with Crippen molar-refractivity contribution in [3.8, 4) is 0 Å². The van der Waals surface area contributed by atoms with Gasteiger partial charge in [0.25, 0.3) is 11.1 Å². The number of rotatable bonds is 5. The molecule has 0 spiro atoms. The van der Waals surface area contributed by atoms with Gasteiger partial charge in [0.15, 0.2) is 0 Å². The molecule has 3 aliphatic heterocycles. The number of thioether (sulfide) groups is 1. The molecular formula is C27H24ClF3N4O4S. The smallest absolute Gasteiger partial charge is 0.378 e. The number of carbonyl (C=O) groups excluding carboxylic acids is 2. The van der Waals surface area contributed by atoms with E-state index >= 15 is 0 Å². The molecule has 6 rings (SSSR count). The molecule has 3 saturated heterocycles. The van der Waals surface area contributed by atoms with Gasteiger partial charge in [0, 0.05) is 23.5 Å². The van der Waals surface area contributed by atoms with Crippen molar-refractivity contribution < 1.29 is 32.2 Å². The molecule has 40 heavy (non-hydrogen) atoms. The molecule has 2 atom stereocenters. The van der Waals surface area contributed by atoms with E-state index in [0.29, 0.717) is 47.7 Å². The van der Waals surface area contributed by atoms with E-state index in [0.717, 1.165) is 24.4 Å². The number of fused-ring (bicyclic) bond motifs is 2. The largest absolute Gasteiger partial charge is 0.416 e. The minimum atomic E-state index is -4.55. The topological polar surface area (TPSA) is 76.9 Å². The van der Waals surface area contributed by atoms with Gasteiger partial charge in [0.1, 0.15) is 0 Å². The molecule has 3 aliphatic rings. The second-order valence-corrected chi connectivity index (χ2v) is 11.3. The molecule has 2 amide bonds. The van der Waals surface area contributed by atoms with Crippen LogP contribution in [0.15, 0.2) is 47.5 Å². The van der Waals surface area contributed by atoms with Gasteiger partial charge in [-0.2, -0.15) is 18.3 Å². The first kappa shape index (κ1) is 27.3. The quantitative estimate of drug-likeness (QED) is 0.390. The molecule has 0 radical (unpaired) electrons. The Morgan fingerprint density at radius 2 is 2.00 bits per heavy atom.